The lowest BCUT2D eigenvalue weighted by atomic mass is 10.1. The Hall–Kier alpha value is -4.93. The van der Waals surface area contributed by atoms with Crippen molar-refractivity contribution in [2.75, 3.05) is 76.3 Å². The van der Waals surface area contributed by atoms with E-state index in [1.165, 1.54) is 18.7 Å². The summed E-state index contributed by atoms with van der Waals surface area (Å²) in [6.45, 7) is 7.17. The van der Waals surface area contributed by atoms with Crippen molar-refractivity contribution >= 4 is 92.7 Å². The maximum atomic E-state index is 13.1. The summed E-state index contributed by atoms with van der Waals surface area (Å²) in [7, 11) is 3.48. The molecule has 2 aliphatic rings. The van der Waals surface area contributed by atoms with Gasteiger partial charge in [0.1, 0.15) is 19.7 Å². The molecule has 3 aromatic carbocycles. The monoisotopic (exact) mass is 1140 g/mol. The van der Waals surface area contributed by atoms with E-state index in [1.54, 1.807) is 22.9 Å². The maximum absolute atomic E-state index is 13.1. The zero-order chi connectivity index (χ0) is 51.1. The highest BCUT2D eigenvalue weighted by molar-refractivity contribution is 8.93. The molecule has 25 heteroatoms. The van der Waals surface area contributed by atoms with Gasteiger partial charge in [0, 0.05) is 87.4 Å². The third kappa shape index (κ3) is 14.6. The number of nitrogens with zero attached hydrogens (tertiary/aromatic N) is 9. The first kappa shape index (κ1) is 57.0. The van der Waals surface area contributed by atoms with Crippen molar-refractivity contribution in [3.05, 3.63) is 126 Å². The van der Waals surface area contributed by atoms with E-state index in [4.69, 9.17) is 51.1 Å². The minimum Gasteiger partial charge on any atom is -0.445 e. The highest BCUT2D eigenvalue weighted by Gasteiger charge is 2.40. The fourth-order valence-corrected chi connectivity index (χ4v) is 8.56. The molecule has 2 aromatic heterocycles. The van der Waals surface area contributed by atoms with E-state index in [0.29, 0.717) is 68.9 Å². The smallest absolute Gasteiger partial charge is 0.436 e. The molecule has 0 radical (unpaired) electrons. The van der Waals surface area contributed by atoms with E-state index in [9.17, 15) is 40.7 Å². The zero-order valence-corrected chi connectivity index (χ0v) is 43.6. The van der Waals surface area contributed by atoms with Gasteiger partial charge < -0.3 is 34.6 Å². The molecule has 71 heavy (non-hydrogen) atoms. The van der Waals surface area contributed by atoms with Crippen molar-refractivity contribution < 1.29 is 45.5 Å². The summed E-state index contributed by atoms with van der Waals surface area (Å²) >= 11 is 24.2. The van der Waals surface area contributed by atoms with Crippen LogP contribution in [0.4, 0.5) is 42.5 Å². The number of piperazine rings is 2. The predicted octanol–water partition coefficient (Wildman–Crippen LogP) is 9.80. The largest absolute Gasteiger partial charge is 0.445 e. The fraction of sp³-hybridized carbons (Fsp3) is 0.413. The van der Waals surface area contributed by atoms with Gasteiger partial charge in [0.15, 0.2) is 11.4 Å². The number of alkyl halides is 6. The van der Waals surface area contributed by atoms with Crippen molar-refractivity contribution in [2.45, 2.75) is 59.0 Å². The van der Waals surface area contributed by atoms with Gasteiger partial charge in [0.05, 0.1) is 28.0 Å². The van der Waals surface area contributed by atoms with Crippen molar-refractivity contribution in [3.63, 3.8) is 0 Å². The van der Waals surface area contributed by atoms with Crippen molar-refractivity contribution in [1.29, 1.82) is 0 Å². The van der Waals surface area contributed by atoms with Crippen LogP contribution < -0.4 is 15.1 Å². The number of hydrogen-bond donors (Lipinski definition) is 1. The van der Waals surface area contributed by atoms with Gasteiger partial charge in [-0.05, 0) is 74.0 Å². The quantitative estimate of drug-likeness (QED) is 0.122. The number of aromatic nitrogens is 4. The lowest BCUT2D eigenvalue weighted by Crippen LogP contribution is -2.49. The normalized spacial score (nSPS) is 14.2. The Bertz CT molecular complexity index is 2640. The zero-order valence-electron chi connectivity index (χ0n) is 38.9. The molecule has 0 saturated carbocycles. The lowest BCUT2D eigenvalue weighted by molar-refractivity contribution is -0.142. The van der Waals surface area contributed by atoms with Crippen LogP contribution in [-0.4, -0.2) is 119 Å². The van der Waals surface area contributed by atoms with Gasteiger partial charge >= 0.3 is 18.4 Å². The van der Waals surface area contributed by atoms with Crippen LogP contribution in [0, 0.1) is 13.8 Å². The van der Waals surface area contributed by atoms with E-state index >= 15 is 0 Å². The summed E-state index contributed by atoms with van der Waals surface area (Å²) in [5.41, 5.74) is 2.35. The van der Waals surface area contributed by atoms with E-state index < -0.39 is 39.9 Å². The summed E-state index contributed by atoms with van der Waals surface area (Å²) in [4.78, 5) is 46.8. The van der Waals surface area contributed by atoms with Crippen LogP contribution in [0.15, 0.2) is 66.7 Å². The summed E-state index contributed by atoms with van der Waals surface area (Å²) in [5.74, 6) is -0.638. The molecule has 2 aliphatic heterocycles. The third-order valence-electron chi connectivity index (χ3n) is 11.7. The summed E-state index contributed by atoms with van der Waals surface area (Å²) in [6.07, 6.45) is -9.84. The van der Waals surface area contributed by atoms with Crippen LogP contribution in [0.25, 0.3) is 0 Å². The van der Waals surface area contributed by atoms with Crippen LogP contribution in [0.5, 0.6) is 0 Å². The first-order valence-electron chi connectivity index (χ1n) is 21.8. The summed E-state index contributed by atoms with van der Waals surface area (Å²) in [5, 5.41) is 10.3. The first-order chi connectivity index (χ1) is 33.0. The average molecular weight is 1140 g/mol. The SMILES string of the molecule is Br.CNCc1cc(N2CCN(C(=O)Cn3nc(C(F)(F)F)c(Cl)c3C)CC2)ccc1Cl.Cc1c(Cl)c(C(F)(F)F)nn1CC(=O)N1CCN(c2ccc(Cl)c(CN(C)C(=O)OCc3ccccc3)c2)CC1. The standard InChI is InChI=1S/C27H28Cl2F3N5O3.C19H22Cl2F3N5O.BrH/c1-18-24(29)25(27(30,31)32)33-37(18)16-23(38)36-12-10-35(11-13-36)21-8-9-22(28)20(14-21)15-34(2)26(39)40-17-19-6-4-3-5-7-19;1-12-17(21)18(19(22,23)24)26-29(12)11-16(30)28-7-5-27(6-8-28)14-3-4-15(20)13(9-14)10-25-2;/h3-9,14H,10-13,15-17H2,1-2H3;3-4,9,25H,5-8,10-11H2,1-2H3;1H. The number of benzene rings is 3. The predicted molar refractivity (Wildman–Crippen MR) is 266 cm³/mol. The van der Waals surface area contributed by atoms with Crippen molar-refractivity contribution in [3.8, 4) is 0 Å². The highest BCUT2D eigenvalue weighted by Crippen LogP contribution is 2.37. The Morgan fingerprint density at radius 2 is 1.08 bits per heavy atom. The molecule has 7 rings (SSSR count). The van der Waals surface area contributed by atoms with Gasteiger partial charge in [-0.1, -0.05) is 76.7 Å². The van der Waals surface area contributed by atoms with Gasteiger partial charge in [-0.15, -0.1) is 17.0 Å². The number of carbonyl (C=O) groups is 3. The second kappa shape index (κ2) is 24.7. The van der Waals surface area contributed by atoms with Crippen LogP contribution >= 0.6 is 63.4 Å². The van der Waals surface area contributed by atoms with Crippen LogP contribution in [0.3, 0.4) is 0 Å². The van der Waals surface area contributed by atoms with Crippen LogP contribution in [0.1, 0.15) is 39.5 Å². The number of ether oxygens (including phenoxy) is 1. The molecule has 0 atom stereocenters. The van der Waals surface area contributed by atoms with Crippen LogP contribution in [-0.2, 0) is 59.5 Å². The van der Waals surface area contributed by atoms with Gasteiger partial charge in [-0.3, -0.25) is 19.0 Å². The van der Waals surface area contributed by atoms with E-state index in [2.05, 4.69) is 25.3 Å². The topological polar surface area (TPSA) is 124 Å². The Morgan fingerprint density at radius 1 is 0.662 bits per heavy atom. The second-order valence-corrected chi connectivity index (χ2v) is 18.1. The number of carbonyl (C=O) groups excluding carboxylic acids is 3. The van der Waals surface area contributed by atoms with Crippen molar-refractivity contribution in [1.82, 2.24) is 39.6 Å². The molecule has 2 fully saturated rings. The first-order valence-corrected chi connectivity index (χ1v) is 23.4. The van der Waals surface area contributed by atoms with E-state index in [0.717, 1.165) is 37.4 Å². The Labute approximate surface area is 437 Å². The van der Waals surface area contributed by atoms with E-state index in [1.807, 2.05) is 67.7 Å². The molecule has 0 aliphatic carbocycles. The van der Waals surface area contributed by atoms with E-state index in [-0.39, 0.29) is 66.4 Å². The molecule has 0 bridgehead atoms. The minimum atomic E-state index is -4.70. The molecular formula is C46H51BrCl4F6N10O4. The van der Waals surface area contributed by atoms with Gasteiger partial charge in [0.2, 0.25) is 11.8 Å². The van der Waals surface area contributed by atoms with Gasteiger partial charge in [0.25, 0.3) is 0 Å². The average Bonchev–Trinajstić information content (AvgIpc) is 3.79. The molecule has 386 valence electrons. The highest BCUT2D eigenvalue weighted by atomic mass is 79.9. The third-order valence-corrected chi connectivity index (χ3v) is 13.4. The molecule has 2 saturated heterocycles. The molecule has 1 N–H and O–H groups in total. The summed E-state index contributed by atoms with van der Waals surface area (Å²) < 4.78 is 85.6. The molecule has 4 heterocycles. The molecule has 5 aromatic rings. The lowest BCUT2D eigenvalue weighted by Gasteiger charge is -2.36. The molecular weight excluding hydrogens is 1090 g/mol. The van der Waals surface area contributed by atoms with Gasteiger partial charge in [-0.25, -0.2) is 4.79 Å². The van der Waals surface area contributed by atoms with Gasteiger partial charge in [-0.2, -0.15) is 36.5 Å². The number of anilines is 2. The number of rotatable bonds is 12. The number of hydrogen-bond acceptors (Lipinski definition) is 9. The Balaban J connectivity index is 0.000000271. The maximum Gasteiger partial charge on any atom is 0.436 e. The van der Waals surface area contributed by atoms with Crippen molar-refractivity contribution in [2.24, 2.45) is 0 Å². The molecule has 3 amide bonds. The number of amides is 3. The Morgan fingerprint density at radius 3 is 1.49 bits per heavy atom. The van der Waals surface area contributed by atoms with Crippen LogP contribution in [0.2, 0.25) is 20.1 Å². The minimum absolute atomic E-state index is 0. The fourth-order valence-electron chi connectivity index (χ4n) is 7.72. The number of halogens is 11. The number of nitrogens with one attached hydrogen (secondary N) is 1. The summed E-state index contributed by atoms with van der Waals surface area (Å²) in [6, 6.07) is 20.7. The molecule has 14 nitrogen and oxygen atoms in total. The Kier molecular flexibility index (Phi) is 19.8. The molecule has 0 spiro atoms. The second-order valence-electron chi connectivity index (χ2n) is 16.5. The molecule has 0 unspecified atom stereocenters.